The highest BCUT2D eigenvalue weighted by atomic mass is 33.1. The van der Waals surface area contributed by atoms with Crippen molar-refractivity contribution in [2.24, 2.45) is 96.2 Å². The van der Waals surface area contributed by atoms with Crippen LogP contribution >= 0.6 is 21.6 Å². The number of phenols is 1. The Morgan fingerprint density at radius 3 is 2.44 bits per heavy atom. The molecule has 10 N–H and O–H groups in total. The highest BCUT2D eigenvalue weighted by molar-refractivity contribution is 8.77. The third-order valence-electron chi connectivity index (χ3n) is 27.6. The molecule has 7 aliphatic heterocycles. The van der Waals surface area contributed by atoms with E-state index in [4.69, 9.17) is 31.7 Å². The number of nitrogens with one attached hydrogen (secondary N) is 1. The molecule has 7 heterocycles. The lowest BCUT2D eigenvalue weighted by Gasteiger charge is -2.60. The minimum atomic E-state index is -0.870. The van der Waals surface area contributed by atoms with Crippen LogP contribution in [0.15, 0.2) is 58.5 Å². The molecule has 18 unspecified atom stereocenters. The van der Waals surface area contributed by atoms with E-state index >= 15 is 4.79 Å². The van der Waals surface area contributed by atoms with Crippen LogP contribution in [-0.4, -0.2) is 97.7 Å². The van der Waals surface area contributed by atoms with Crippen molar-refractivity contribution in [2.45, 2.75) is 233 Å². The lowest BCUT2D eigenvalue weighted by atomic mass is 9.47. The maximum atomic E-state index is 15.1. The van der Waals surface area contributed by atoms with Gasteiger partial charge in [-0.2, -0.15) is 0 Å². The van der Waals surface area contributed by atoms with Crippen molar-refractivity contribution >= 4 is 45.4 Å². The van der Waals surface area contributed by atoms with Crippen LogP contribution in [-0.2, 0) is 27.3 Å². The quantitative estimate of drug-likeness (QED) is 0.0486. The fourth-order valence-corrected chi connectivity index (χ4v) is 28.0. The van der Waals surface area contributed by atoms with E-state index < -0.39 is 28.8 Å². The molecule has 18 atom stereocenters. The molecule has 2 aromatic carbocycles. The molecule has 17 aliphatic rings. The van der Waals surface area contributed by atoms with Crippen LogP contribution < -0.4 is 27.3 Å². The van der Waals surface area contributed by atoms with Crippen molar-refractivity contribution in [3.63, 3.8) is 0 Å². The summed E-state index contributed by atoms with van der Waals surface area (Å²) >= 11 is 0. The van der Waals surface area contributed by atoms with Gasteiger partial charge >= 0.3 is 5.97 Å². The van der Waals surface area contributed by atoms with Gasteiger partial charge in [0.25, 0.3) is 0 Å². The van der Waals surface area contributed by atoms with E-state index in [1.807, 2.05) is 4.90 Å². The number of amides is 1. The van der Waals surface area contributed by atoms with E-state index in [9.17, 15) is 20.1 Å². The summed E-state index contributed by atoms with van der Waals surface area (Å²) in [5.74, 6) is 3.76. The Morgan fingerprint density at radius 2 is 1.62 bits per heavy atom. The Balaban J connectivity index is 0.838. The lowest BCUT2D eigenvalue weighted by molar-refractivity contribution is -0.204. The average Bonchev–Trinajstić information content (AvgIpc) is 1.67. The average molecular weight is 1230 g/mol. The second kappa shape index (κ2) is 22.3. The lowest BCUT2D eigenvalue weighted by Crippen LogP contribution is -2.59. The first-order valence-corrected chi connectivity index (χ1v) is 36.9. The first-order chi connectivity index (χ1) is 42.0. The molecule has 0 radical (unpaired) electrons. The summed E-state index contributed by atoms with van der Waals surface area (Å²) in [6.45, 7) is 3.42. The number of esters is 1. The molecular weight excluding hydrogens is 1130 g/mol. The summed E-state index contributed by atoms with van der Waals surface area (Å²) in [5, 5.41) is 43.3. The third-order valence-corrected chi connectivity index (χ3v) is 30.9. The van der Waals surface area contributed by atoms with Crippen molar-refractivity contribution in [3.05, 3.63) is 70.8 Å². The van der Waals surface area contributed by atoms with Crippen molar-refractivity contribution in [1.82, 2.24) is 10.2 Å². The SMILES string of the molecule is CC(=O)OC12CC(O)C3C(CCC1Cc1cc(c(O)c4c1C1C=CC5(CCCC5C1)O4)CN1CC4(CC1=O)C(CCC4c1ccccc1)CN=C(N)NC1(CCCC14CCCC4)SSCC1CCC3CC13CCCC31CCC(CCN=C(N)N)C1O)C2. The fraction of sp³-hybridized carbons (Fsp3) is 0.746. The second-order valence-electron chi connectivity index (χ2n) is 31.1. The molecule has 1 saturated heterocycles. The summed E-state index contributed by atoms with van der Waals surface area (Å²) in [6.07, 6.45) is 30.7. The van der Waals surface area contributed by atoms with Crippen molar-refractivity contribution in [3.8, 4) is 11.5 Å². The number of carbonyl (C=O) groups is 2. The molecule has 2 aromatic rings. The zero-order valence-electron chi connectivity index (χ0n) is 51.7. The monoisotopic (exact) mass is 1230 g/mol. The number of allylic oxidation sites excluding steroid dienone is 1. The fourth-order valence-electron chi connectivity index (χ4n) is 24.0. The topological polar surface area (TPSA) is 231 Å². The number of aliphatic hydroxyl groups is 2. The molecule has 0 aromatic heterocycles. The van der Waals surface area contributed by atoms with Gasteiger partial charge in [0, 0.05) is 96.8 Å². The number of aromatic hydroxyl groups is 1. The molecule has 87 heavy (non-hydrogen) atoms. The Kier molecular flexibility index (Phi) is 15.2. The first kappa shape index (κ1) is 59.2. The van der Waals surface area contributed by atoms with Crippen LogP contribution in [0.3, 0.4) is 0 Å². The molecule has 19 rings (SSSR count). The Hall–Kier alpha value is -4.12. The van der Waals surface area contributed by atoms with Gasteiger partial charge in [0.05, 0.1) is 12.2 Å². The first-order valence-electron chi connectivity index (χ1n) is 34.6. The van der Waals surface area contributed by atoms with Crippen LogP contribution in [0.1, 0.15) is 214 Å². The van der Waals surface area contributed by atoms with Crippen molar-refractivity contribution in [2.75, 3.05) is 25.4 Å². The molecule has 6 spiro atoms. The zero-order valence-corrected chi connectivity index (χ0v) is 53.4. The van der Waals surface area contributed by atoms with Crippen LogP contribution in [0.4, 0.5) is 0 Å². The number of aliphatic imine (C=N–C) groups is 2. The maximum absolute atomic E-state index is 15.1. The number of carbonyl (C=O) groups excluding carboxylic acids is 2. The van der Waals surface area contributed by atoms with Crippen molar-refractivity contribution < 1.29 is 34.4 Å². The van der Waals surface area contributed by atoms with Crippen LogP contribution in [0.2, 0.25) is 0 Å². The predicted molar refractivity (Wildman–Crippen MR) is 344 cm³/mol. The number of phenolic OH excluding ortho intramolecular Hbond substituents is 1. The Bertz CT molecular complexity index is 3070. The summed E-state index contributed by atoms with van der Waals surface area (Å²) in [5.41, 5.74) is 21.2. The number of ether oxygens (including phenoxy) is 2. The van der Waals surface area contributed by atoms with E-state index in [2.05, 4.69) is 80.4 Å². The number of guanidine groups is 2. The summed E-state index contributed by atoms with van der Waals surface area (Å²) in [6, 6.07) is 13.0. The van der Waals surface area contributed by atoms with Gasteiger partial charge in [-0.1, -0.05) is 77.3 Å². The number of nitrogens with zero attached hydrogens (tertiary/aromatic N) is 3. The molecule has 12 bridgehead atoms. The van der Waals surface area contributed by atoms with Gasteiger partial charge in [0.1, 0.15) is 16.1 Å². The van der Waals surface area contributed by atoms with Crippen molar-refractivity contribution in [1.29, 1.82) is 0 Å². The number of hydrogen-bond donors (Lipinski definition) is 7. The number of benzene rings is 2. The molecule has 10 aliphatic carbocycles. The van der Waals surface area contributed by atoms with Gasteiger partial charge in [-0.3, -0.25) is 19.6 Å². The Morgan fingerprint density at radius 1 is 0.851 bits per heavy atom. The van der Waals surface area contributed by atoms with Gasteiger partial charge in [-0.15, -0.1) is 0 Å². The largest absolute Gasteiger partial charge is 0.504 e. The molecule has 9 saturated carbocycles. The van der Waals surface area contributed by atoms with Crippen LogP contribution in [0, 0.1) is 69.0 Å². The number of rotatable bonds is 5. The highest BCUT2D eigenvalue weighted by Gasteiger charge is 2.68. The maximum Gasteiger partial charge on any atom is 0.303 e. The molecule has 16 heteroatoms. The number of nitrogens with two attached hydrogens (primary N) is 3. The van der Waals surface area contributed by atoms with E-state index in [1.165, 1.54) is 37.7 Å². The predicted octanol–water partition coefficient (Wildman–Crippen LogP) is 11.7. The number of hydrogen-bond acceptors (Lipinski definition) is 13. The second-order valence-corrected chi connectivity index (χ2v) is 33.8. The van der Waals surface area contributed by atoms with Gasteiger partial charge in [0.2, 0.25) is 5.91 Å². The molecular formula is C71H99N7O7S2. The van der Waals surface area contributed by atoms with Crippen LogP contribution in [0.5, 0.6) is 11.5 Å². The molecule has 10 fully saturated rings. The van der Waals surface area contributed by atoms with E-state index in [0.29, 0.717) is 74.4 Å². The Labute approximate surface area is 524 Å². The third kappa shape index (κ3) is 9.47. The van der Waals surface area contributed by atoms with Gasteiger partial charge in [0.15, 0.2) is 23.4 Å². The smallest absolute Gasteiger partial charge is 0.303 e. The molecule has 472 valence electrons. The molecule has 1 amide bonds. The minimum Gasteiger partial charge on any atom is -0.504 e. The van der Waals surface area contributed by atoms with E-state index in [0.717, 1.165) is 139 Å². The minimum absolute atomic E-state index is 0.0545. The molecule has 14 nitrogen and oxygen atoms in total. The number of aliphatic hydroxyl groups excluding tert-OH is 2. The summed E-state index contributed by atoms with van der Waals surface area (Å²) in [7, 11) is 4.13. The normalized spacial score (nSPS) is 43.4. The highest BCUT2D eigenvalue weighted by Crippen LogP contribution is 2.73. The van der Waals surface area contributed by atoms with Gasteiger partial charge in [-0.05, 0) is 218 Å². The van der Waals surface area contributed by atoms with Gasteiger partial charge in [-0.25, -0.2) is 0 Å². The summed E-state index contributed by atoms with van der Waals surface area (Å²) < 4.78 is 14.2. The zero-order chi connectivity index (χ0) is 59.7. The van der Waals surface area contributed by atoms with Gasteiger partial charge < -0.3 is 52.2 Å². The van der Waals surface area contributed by atoms with E-state index in [-0.39, 0.29) is 98.6 Å². The summed E-state index contributed by atoms with van der Waals surface area (Å²) in [4.78, 5) is 40.4. The van der Waals surface area contributed by atoms with E-state index in [1.54, 1.807) is 6.92 Å². The van der Waals surface area contributed by atoms with Crippen LogP contribution in [0.25, 0.3) is 0 Å². The standard InChI is InChI=1S/C71H99N7O7S2/c1-43(79)84-70-36-48-13-15-52(70)34-49-32-50(60(82)61-59(49)46-20-30-69(85-61)27-7-12-51(69)33-46)40-78-42-66(38-57(78)81)53(17-18-55(66)44-10-3-2-4-11-44)39-76-64(74)77-71(28-8-24-65(71)22-5-6-23-65)87-86-41-54-16-14-47(58(48)56(80)37-70)35-68(54)26-9-25-67(68)29-19-45(62(67)83)21-31-75-63(72)73/h2-4,10-11,20,30,32,45-48,51-56,58,62,80,82-83H,5-9,12-19,21-29,31,33-42H2,1H3,(H4,72,73,75)(H3,74,76,77).